The van der Waals surface area contributed by atoms with Crippen LogP contribution < -0.4 is 14.8 Å². The maximum Gasteiger partial charge on any atom is 0.261 e. The molecule has 162 valence electrons. The maximum atomic E-state index is 12.8. The van der Waals surface area contributed by atoms with Crippen LogP contribution in [0.3, 0.4) is 0 Å². The summed E-state index contributed by atoms with van der Waals surface area (Å²) in [5, 5.41) is 2.87. The van der Waals surface area contributed by atoms with E-state index in [1.54, 1.807) is 42.5 Å². The molecule has 0 fully saturated rings. The number of amides is 1. The van der Waals surface area contributed by atoms with Crippen molar-refractivity contribution in [2.24, 2.45) is 0 Å². The molecule has 6 nitrogen and oxygen atoms in total. The summed E-state index contributed by atoms with van der Waals surface area (Å²) < 4.78 is 33.7. The number of hydrogen-bond acceptors (Lipinski definition) is 4. The topological polar surface area (TPSA) is 84.5 Å². The molecule has 3 rings (SSSR count). The van der Waals surface area contributed by atoms with Crippen LogP contribution in [-0.4, -0.2) is 20.4 Å². The highest BCUT2D eigenvalue weighted by molar-refractivity contribution is 7.92. The van der Waals surface area contributed by atoms with E-state index in [1.165, 1.54) is 18.2 Å². The molecule has 0 atom stereocenters. The number of aryl methyl sites for hydroxylation is 1. The van der Waals surface area contributed by atoms with Crippen molar-refractivity contribution in [2.45, 2.75) is 31.8 Å². The Morgan fingerprint density at radius 3 is 2.32 bits per heavy atom. The number of anilines is 2. The minimum absolute atomic E-state index is 0.0392. The number of ether oxygens (including phenoxy) is 1. The fourth-order valence-electron chi connectivity index (χ4n) is 2.86. The fraction of sp³-hybridized carbons (Fsp3) is 0.174. The van der Waals surface area contributed by atoms with E-state index >= 15 is 0 Å². The lowest BCUT2D eigenvalue weighted by atomic mass is 10.2. The van der Waals surface area contributed by atoms with Gasteiger partial charge in [-0.2, -0.15) is 0 Å². The molecule has 31 heavy (non-hydrogen) atoms. The fourth-order valence-corrected chi connectivity index (χ4v) is 4.13. The number of carbonyl (C=O) groups is 1. The normalized spacial score (nSPS) is 11.3. The number of nitrogens with one attached hydrogen (secondary N) is 2. The molecule has 3 aromatic rings. The molecular formula is C23H23ClN2O4S. The van der Waals surface area contributed by atoms with Gasteiger partial charge in [0, 0.05) is 11.4 Å². The molecule has 1 amide bonds. The smallest absolute Gasteiger partial charge is 0.261 e. The van der Waals surface area contributed by atoms with Gasteiger partial charge in [-0.3, -0.25) is 9.52 Å². The molecule has 0 saturated carbocycles. The number of benzene rings is 3. The lowest BCUT2D eigenvalue weighted by molar-refractivity contribution is 0.102. The number of halogens is 1. The van der Waals surface area contributed by atoms with E-state index in [4.69, 9.17) is 16.3 Å². The van der Waals surface area contributed by atoms with Crippen LogP contribution in [0.15, 0.2) is 71.6 Å². The minimum atomic E-state index is -3.90. The van der Waals surface area contributed by atoms with Gasteiger partial charge >= 0.3 is 0 Å². The lowest BCUT2D eigenvalue weighted by Crippen LogP contribution is -2.16. The van der Waals surface area contributed by atoms with E-state index in [0.29, 0.717) is 17.1 Å². The summed E-state index contributed by atoms with van der Waals surface area (Å²) in [6, 6.07) is 17.9. The molecule has 0 aliphatic rings. The van der Waals surface area contributed by atoms with Gasteiger partial charge in [0.05, 0.1) is 21.6 Å². The summed E-state index contributed by atoms with van der Waals surface area (Å²) in [4.78, 5) is 12.7. The Kier molecular flexibility index (Phi) is 6.87. The van der Waals surface area contributed by atoms with Crippen LogP contribution >= 0.6 is 11.6 Å². The van der Waals surface area contributed by atoms with Crippen molar-refractivity contribution in [3.8, 4) is 5.75 Å². The van der Waals surface area contributed by atoms with Gasteiger partial charge in [-0.25, -0.2) is 8.42 Å². The van der Waals surface area contributed by atoms with Crippen molar-refractivity contribution >= 4 is 38.9 Å². The minimum Gasteiger partial charge on any atom is -0.491 e. The Hall–Kier alpha value is -3.03. The molecule has 0 heterocycles. The Bertz CT molecular complexity index is 1190. The largest absolute Gasteiger partial charge is 0.491 e. The summed E-state index contributed by atoms with van der Waals surface area (Å²) in [7, 11) is -3.90. The van der Waals surface area contributed by atoms with E-state index < -0.39 is 15.9 Å². The standard InChI is InChI=1S/C23H23ClN2O4S/c1-15(2)30-19-9-7-17(8-10-19)25-23(27)21-14-20(11-12-22(21)24)31(28,29)26-18-6-4-5-16(3)13-18/h4-15,26H,1-3H3,(H,25,27). The van der Waals surface area contributed by atoms with Crippen molar-refractivity contribution in [3.63, 3.8) is 0 Å². The summed E-state index contributed by atoms with van der Waals surface area (Å²) in [6.45, 7) is 5.71. The number of sulfonamides is 1. The number of carbonyl (C=O) groups excluding carboxylic acids is 1. The van der Waals surface area contributed by atoms with Crippen molar-refractivity contribution in [1.29, 1.82) is 0 Å². The molecule has 0 aromatic heterocycles. The quantitative estimate of drug-likeness (QED) is 0.490. The Morgan fingerprint density at radius 2 is 1.68 bits per heavy atom. The number of hydrogen-bond donors (Lipinski definition) is 2. The van der Waals surface area contributed by atoms with E-state index in [9.17, 15) is 13.2 Å². The first kappa shape index (κ1) is 22.7. The Balaban J connectivity index is 1.80. The second-order valence-electron chi connectivity index (χ2n) is 7.26. The van der Waals surface area contributed by atoms with Gasteiger partial charge < -0.3 is 10.1 Å². The van der Waals surface area contributed by atoms with E-state index in [2.05, 4.69) is 10.0 Å². The van der Waals surface area contributed by atoms with Gasteiger partial charge in [-0.05, 0) is 80.9 Å². The van der Waals surface area contributed by atoms with E-state index in [1.807, 2.05) is 26.8 Å². The molecule has 0 bridgehead atoms. The molecule has 0 unspecified atom stereocenters. The monoisotopic (exact) mass is 458 g/mol. The molecule has 0 saturated heterocycles. The highest BCUT2D eigenvalue weighted by atomic mass is 35.5. The van der Waals surface area contributed by atoms with E-state index in [0.717, 1.165) is 5.56 Å². The van der Waals surface area contributed by atoms with Crippen molar-refractivity contribution in [2.75, 3.05) is 10.0 Å². The number of rotatable bonds is 7. The van der Waals surface area contributed by atoms with Gasteiger partial charge in [0.15, 0.2) is 0 Å². The third kappa shape index (κ3) is 5.99. The molecule has 0 spiro atoms. The molecule has 8 heteroatoms. The third-order valence-electron chi connectivity index (χ3n) is 4.25. The molecular weight excluding hydrogens is 436 g/mol. The van der Waals surface area contributed by atoms with Gasteiger partial charge in [0.1, 0.15) is 5.75 Å². The van der Waals surface area contributed by atoms with Crippen LogP contribution in [0.1, 0.15) is 29.8 Å². The summed E-state index contributed by atoms with van der Waals surface area (Å²) in [5.41, 5.74) is 1.94. The Morgan fingerprint density at radius 1 is 0.968 bits per heavy atom. The molecule has 2 N–H and O–H groups in total. The van der Waals surface area contributed by atoms with Crippen LogP contribution in [0.2, 0.25) is 5.02 Å². The summed E-state index contributed by atoms with van der Waals surface area (Å²) in [5.74, 6) is 0.163. The lowest BCUT2D eigenvalue weighted by Gasteiger charge is -2.12. The zero-order chi connectivity index (χ0) is 22.6. The van der Waals surface area contributed by atoms with Gasteiger partial charge in [0.2, 0.25) is 0 Å². The average molecular weight is 459 g/mol. The molecule has 0 radical (unpaired) electrons. The van der Waals surface area contributed by atoms with Crippen molar-refractivity contribution < 1.29 is 17.9 Å². The second kappa shape index (κ2) is 9.41. The van der Waals surface area contributed by atoms with Crippen LogP contribution in [0.25, 0.3) is 0 Å². The zero-order valence-electron chi connectivity index (χ0n) is 17.3. The van der Waals surface area contributed by atoms with Crippen LogP contribution in [-0.2, 0) is 10.0 Å². The summed E-state index contributed by atoms with van der Waals surface area (Å²) >= 11 is 6.17. The van der Waals surface area contributed by atoms with Gasteiger partial charge in [-0.15, -0.1) is 0 Å². The van der Waals surface area contributed by atoms with Crippen molar-refractivity contribution in [1.82, 2.24) is 0 Å². The van der Waals surface area contributed by atoms with Gasteiger partial charge in [0.25, 0.3) is 15.9 Å². The first-order valence-electron chi connectivity index (χ1n) is 9.61. The predicted octanol–water partition coefficient (Wildman–Crippen LogP) is 5.49. The maximum absolute atomic E-state index is 12.8. The van der Waals surface area contributed by atoms with Gasteiger partial charge in [-0.1, -0.05) is 23.7 Å². The van der Waals surface area contributed by atoms with Crippen LogP contribution in [0, 0.1) is 6.92 Å². The van der Waals surface area contributed by atoms with Crippen molar-refractivity contribution in [3.05, 3.63) is 82.9 Å². The second-order valence-corrected chi connectivity index (χ2v) is 9.35. The SMILES string of the molecule is Cc1cccc(NS(=O)(=O)c2ccc(Cl)c(C(=O)Nc3ccc(OC(C)C)cc3)c2)c1. The highest BCUT2D eigenvalue weighted by Gasteiger charge is 2.19. The summed E-state index contributed by atoms with van der Waals surface area (Å²) in [6.07, 6.45) is 0.0392. The molecule has 0 aliphatic heterocycles. The first-order valence-corrected chi connectivity index (χ1v) is 11.5. The molecule has 0 aliphatic carbocycles. The first-order chi connectivity index (χ1) is 14.6. The molecule has 3 aromatic carbocycles. The van der Waals surface area contributed by atoms with Crippen LogP contribution in [0.5, 0.6) is 5.75 Å². The van der Waals surface area contributed by atoms with Crippen LogP contribution in [0.4, 0.5) is 11.4 Å². The average Bonchev–Trinajstić information content (AvgIpc) is 2.69. The Labute approximate surface area is 187 Å². The third-order valence-corrected chi connectivity index (χ3v) is 5.96. The predicted molar refractivity (Wildman–Crippen MR) is 124 cm³/mol. The van der Waals surface area contributed by atoms with E-state index in [-0.39, 0.29) is 21.6 Å². The highest BCUT2D eigenvalue weighted by Crippen LogP contribution is 2.24. The zero-order valence-corrected chi connectivity index (χ0v) is 18.9.